The molecule has 4 nitrogen and oxygen atoms in total. The molecule has 0 spiro atoms. The summed E-state index contributed by atoms with van der Waals surface area (Å²) in [4.78, 5) is 37.5. The van der Waals surface area contributed by atoms with Gasteiger partial charge in [0.25, 0.3) is 11.7 Å². The zero-order valence-electron chi connectivity index (χ0n) is 11.5. The molecule has 0 unspecified atom stereocenters. The lowest BCUT2D eigenvalue weighted by Gasteiger charge is -2.15. The number of fused-ring (bicyclic) bond motifs is 1. The van der Waals surface area contributed by atoms with Crippen molar-refractivity contribution in [3.63, 3.8) is 0 Å². The molecule has 0 radical (unpaired) electrons. The van der Waals surface area contributed by atoms with E-state index in [0.717, 1.165) is 5.56 Å². The van der Waals surface area contributed by atoms with Crippen LogP contribution in [0.4, 0.5) is 5.69 Å². The highest BCUT2D eigenvalue weighted by Gasteiger charge is 2.36. The van der Waals surface area contributed by atoms with Gasteiger partial charge in [-0.1, -0.05) is 42.0 Å². The van der Waals surface area contributed by atoms with Crippen LogP contribution in [0.15, 0.2) is 48.5 Å². The van der Waals surface area contributed by atoms with E-state index in [2.05, 4.69) is 0 Å². The third-order valence-corrected chi connectivity index (χ3v) is 3.52. The molecule has 0 saturated heterocycles. The quantitative estimate of drug-likeness (QED) is 0.640. The van der Waals surface area contributed by atoms with E-state index in [1.54, 1.807) is 36.4 Å². The Kier molecular flexibility index (Phi) is 3.14. The van der Waals surface area contributed by atoms with Gasteiger partial charge in [0, 0.05) is 5.56 Å². The second-order valence-corrected chi connectivity index (χ2v) is 5.03. The zero-order valence-corrected chi connectivity index (χ0v) is 11.5. The van der Waals surface area contributed by atoms with Gasteiger partial charge < -0.3 is 0 Å². The molecular weight excluding hydrogens is 266 g/mol. The monoisotopic (exact) mass is 279 g/mol. The van der Waals surface area contributed by atoms with Gasteiger partial charge in [0.15, 0.2) is 5.78 Å². The van der Waals surface area contributed by atoms with Gasteiger partial charge in [-0.2, -0.15) is 0 Å². The third-order valence-electron chi connectivity index (χ3n) is 3.52. The summed E-state index contributed by atoms with van der Waals surface area (Å²) in [5.41, 5.74) is 2.32. The van der Waals surface area contributed by atoms with Gasteiger partial charge in [0.2, 0.25) is 0 Å². The fourth-order valence-electron chi connectivity index (χ4n) is 2.43. The Morgan fingerprint density at radius 3 is 2.48 bits per heavy atom. The van der Waals surface area contributed by atoms with Gasteiger partial charge in [-0.15, -0.1) is 0 Å². The van der Waals surface area contributed by atoms with Crippen molar-refractivity contribution in [3.8, 4) is 0 Å². The number of ketones is 2. The van der Waals surface area contributed by atoms with Crippen LogP contribution in [0.5, 0.6) is 0 Å². The molecule has 0 bridgehead atoms. The first-order chi connectivity index (χ1) is 10.1. The van der Waals surface area contributed by atoms with Gasteiger partial charge in [-0.25, -0.2) is 0 Å². The average Bonchev–Trinajstić information content (AvgIpc) is 2.73. The molecule has 3 rings (SSSR count). The van der Waals surface area contributed by atoms with E-state index < -0.39 is 11.7 Å². The molecule has 0 fully saturated rings. The van der Waals surface area contributed by atoms with Crippen LogP contribution in [0, 0.1) is 6.92 Å². The van der Waals surface area contributed by atoms with Crippen molar-refractivity contribution in [1.29, 1.82) is 0 Å². The van der Waals surface area contributed by atoms with Crippen LogP contribution in [0.2, 0.25) is 0 Å². The van der Waals surface area contributed by atoms with Crippen molar-refractivity contribution < 1.29 is 14.4 Å². The van der Waals surface area contributed by atoms with E-state index in [9.17, 15) is 14.4 Å². The molecule has 1 aliphatic heterocycles. The second kappa shape index (κ2) is 4.98. The lowest BCUT2D eigenvalue weighted by molar-refractivity contribution is -0.114. The Hall–Kier alpha value is -2.75. The van der Waals surface area contributed by atoms with E-state index in [-0.39, 0.29) is 12.3 Å². The highest BCUT2D eigenvalue weighted by molar-refractivity contribution is 6.52. The largest absolute Gasteiger partial charge is 0.299 e. The maximum atomic E-state index is 12.2. The summed E-state index contributed by atoms with van der Waals surface area (Å²) in [6.07, 6.45) is 0. The number of carbonyl (C=O) groups excluding carboxylic acids is 3. The fraction of sp³-hybridized carbons (Fsp3) is 0.118. The molecule has 0 atom stereocenters. The van der Waals surface area contributed by atoms with E-state index in [1.807, 2.05) is 19.1 Å². The summed E-state index contributed by atoms with van der Waals surface area (Å²) in [6.45, 7) is 1.74. The minimum atomic E-state index is -0.639. The minimum Gasteiger partial charge on any atom is -0.297 e. The molecule has 1 aliphatic rings. The van der Waals surface area contributed by atoms with Gasteiger partial charge in [-0.3, -0.25) is 19.3 Å². The summed E-state index contributed by atoms with van der Waals surface area (Å²) < 4.78 is 0. The molecule has 0 N–H and O–H groups in total. The normalized spacial score (nSPS) is 13.5. The standard InChI is InChI=1S/C17H13NO3/c1-11-7-8-14-13(9-11)16(20)17(21)18(14)10-15(19)12-5-3-2-4-6-12/h2-9H,10H2,1H3. The summed E-state index contributed by atoms with van der Waals surface area (Å²) in [5.74, 6) is -1.38. The summed E-state index contributed by atoms with van der Waals surface area (Å²) in [7, 11) is 0. The maximum absolute atomic E-state index is 12.2. The SMILES string of the molecule is Cc1ccc2c(c1)C(=O)C(=O)N2CC(=O)c1ccccc1. The van der Waals surface area contributed by atoms with Gasteiger partial charge in [0.1, 0.15) is 0 Å². The number of amides is 1. The minimum absolute atomic E-state index is 0.120. The molecule has 4 heteroatoms. The number of rotatable bonds is 3. The Bertz CT molecular complexity index is 750. The number of hydrogen-bond acceptors (Lipinski definition) is 3. The smallest absolute Gasteiger partial charge is 0.297 e. The number of anilines is 1. The highest BCUT2D eigenvalue weighted by Crippen LogP contribution is 2.29. The van der Waals surface area contributed by atoms with Crippen molar-refractivity contribution in [3.05, 3.63) is 65.2 Å². The summed E-state index contributed by atoms with van der Waals surface area (Å²) >= 11 is 0. The van der Waals surface area contributed by atoms with Gasteiger partial charge in [-0.05, 0) is 19.1 Å². The van der Waals surface area contributed by atoms with E-state index >= 15 is 0 Å². The van der Waals surface area contributed by atoms with Crippen LogP contribution in [0.3, 0.4) is 0 Å². The molecule has 21 heavy (non-hydrogen) atoms. The van der Waals surface area contributed by atoms with Crippen molar-refractivity contribution in [2.75, 3.05) is 11.4 Å². The Morgan fingerprint density at radius 2 is 1.76 bits per heavy atom. The number of hydrogen-bond donors (Lipinski definition) is 0. The molecule has 1 amide bonds. The number of carbonyl (C=O) groups is 3. The first kappa shape index (κ1) is 13.2. The molecule has 2 aromatic rings. The van der Waals surface area contributed by atoms with E-state index in [0.29, 0.717) is 16.8 Å². The van der Waals surface area contributed by atoms with Crippen LogP contribution in [-0.4, -0.2) is 24.0 Å². The number of Topliss-reactive ketones (excluding diaryl/α,β-unsaturated/α-hetero) is 2. The predicted octanol–water partition coefficient (Wildman–Crippen LogP) is 2.41. The van der Waals surface area contributed by atoms with Crippen LogP contribution < -0.4 is 4.90 Å². The van der Waals surface area contributed by atoms with Gasteiger partial charge in [0.05, 0.1) is 17.8 Å². The summed E-state index contributed by atoms with van der Waals surface area (Å²) in [5, 5.41) is 0. The molecule has 0 aromatic heterocycles. The average molecular weight is 279 g/mol. The first-order valence-electron chi connectivity index (χ1n) is 6.63. The number of aryl methyl sites for hydroxylation is 1. The topological polar surface area (TPSA) is 54.5 Å². The zero-order chi connectivity index (χ0) is 15.0. The highest BCUT2D eigenvalue weighted by atomic mass is 16.2. The van der Waals surface area contributed by atoms with Crippen molar-refractivity contribution in [1.82, 2.24) is 0 Å². The van der Waals surface area contributed by atoms with Crippen molar-refractivity contribution in [2.45, 2.75) is 6.92 Å². The Morgan fingerprint density at radius 1 is 1.05 bits per heavy atom. The van der Waals surface area contributed by atoms with E-state index in [1.165, 1.54) is 4.90 Å². The molecule has 104 valence electrons. The fourth-order valence-corrected chi connectivity index (χ4v) is 2.43. The van der Waals surface area contributed by atoms with E-state index in [4.69, 9.17) is 0 Å². The molecule has 0 saturated carbocycles. The van der Waals surface area contributed by atoms with Crippen LogP contribution in [0.1, 0.15) is 26.3 Å². The molecule has 1 heterocycles. The van der Waals surface area contributed by atoms with Crippen LogP contribution >= 0.6 is 0 Å². The number of nitrogens with zero attached hydrogens (tertiary/aromatic N) is 1. The van der Waals surface area contributed by atoms with Crippen LogP contribution in [0.25, 0.3) is 0 Å². The van der Waals surface area contributed by atoms with Gasteiger partial charge >= 0.3 is 0 Å². The Labute approximate surface area is 122 Å². The molecule has 0 aliphatic carbocycles. The molecule has 2 aromatic carbocycles. The van der Waals surface area contributed by atoms with Crippen molar-refractivity contribution >= 4 is 23.2 Å². The lowest BCUT2D eigenvalue weighted by atomic mass is 10.1. The van der Waals surface area contributed by atoms with Crippen molar-refractivity contribution in [2.24, 2.45) is 0 Å². The third kappa shape index (κ3) is 2.25. The maximum Gasteiger partial charge on any atom is 0.299 e. The Balaban J connectivity index is 1.92. The van der Waals surface area contributed by atoms with Crippen LogP contribution in [-0.2, 0) is 4.79 Å². The lowest BCUT2D eigenvalue weighted by Crippen LogP contribution is -2.34. The summed E-state index contributed by atoms with van der Waals surface area (Å²) in [6, 6.07) is 14.0. The second-order valence-electron chi connectivity index (χ2n) is 5.03. The number of benzene rings is 2. The first-order valence-corrected chi connectivity index (χ1v) is 6.63. The molecular formula is C17H13NO3. The predicted molar refractivity (Wildman–Crippen MR) is 78.6 cm³/mol.